The lowest BCUT2D eigenvalue weighted by Gasteiger charge is -2.43. The van der Waals surface area contributed by atoms with Crippen molar-refractivity contribution in [1.29, 1.82) is 0 Å². The molecule has 0 radical (unpaired) electrons. The molecule has 0 heterocycles. The van der Waals surface area contributed by atoms with Gasteiger partial charge in [0.15, 0.2) is 6.29 Å². The molecule has 0 unspecified atom stereocenters. The zero-order valence-electron chi connectivity index (χ0n) is 17.6. The molecule has 1 atom stereocenters. The molecule has 0 aliphatic heterocycles. The summed E-state index contributed by atoms with van der Waals surface area (Å²) < 4.78 is 12.0. The van der Waals surface area contributed by atoms with Gasteiger partial charge < -0.3 is 14.0 Å². The van der Waals surface area contributed by atoms with Gasteiger partial charge in [-0.25, -0.2) is 0 Å². The highest BCUT2D eigenvalue weighted by molar-refractivity contribution is 6.99. The maximum atomic E-state index is 11.0. The van der Waals surface area contributed by atoms with Crippen molar-refractivity contribution in [3.63, 3.8) is 0 Å². The summed E-state index contributed by atoms with van der Waals surface area (Å²) in [6.07, 6.45) is 2.94. The number of methoxy groups -OCH3 is 1. The Morgan fingerprint density at radius 2 is 1.50 bits per heavy atom. The molecular formula is C24H32O3Si. The lowest BCUT2D eigenvalue weighted by Crippen LogP contribution is -2.66. The fourth-order valence-corrected chi connectivity index (χ4v) is 8.22. The van der Waals surface area contributed by atoms with Crippen molar-refractivity contribution in [2.24, 2.45) is 0 Å². The first-order valence-electron chi connectivity index (χ1n) is 9.75. The molecule has 28 heavy (non-hydrogen) atoms. The highest BCUT2D eigenvalue weighted by atomic mass is 28.4. The van der Waals surface area contributed by atoms with E-state index in [1.165, 1.54) is 10.4 Å². The molecule has 0 saturated carbocycles. The van der Waals surface area contributed by atoms with E-state index < -0.39 is 14.4 Å². The van der Waals surface area contributed by atoms with Crippen molar-refractivity contribution in [2.45, 2.75) is 45.3 Å². The van der Waals surface area contributed by atoms with E-state index in [1.54, 1.807) is 7.11 Å². The molecule has 0 amide bonds. The van der Waals surface area contributed by atoms with Crippen LogP contribution in [0.4, 0.5) is 0 Å². The first-order valence-corrected chi connectivity index (χ1v) is 11.7. The van der Waals surface area contributed by atoms with Crippen LogP contribution in [0.3, 0.4) is 0 Å². The average molecular weight is 397 g/mol. The molecule has 4 heteroatoms. The summed E-state index contributed by atoms with van der Waals surface area (Å²) in [5.74, 6) is 0. The Bertz CT molecular complexity index is 724. The van der Waals surface area contributed by atoms with Gasteiger partial charge in [0, 0.05) is 13.7 Å². The topological polar surface area (TPSA) is 35.5 Å². The summed E-state index contributed by atoms with van der Waals surface area (Å²) in [6.45, 7) is 9.44. The zero-order chi connectivity index (χ0) is 20.6. The second-order valence-electron chi connectivity index (χ2n) is 8.11. The SMILES string of the molecule is CO[C@H](C=O)/C=C(\C)CCO[Si](c1ccccc1)(c1ccccc1)C(C)(C)C. The van der Waals surface area contributed by atoms with Crippen LogP contribution in [-0.2, 0) is 14.0 Å². The molecule has 0 bridgehead atoms. The van der Waals surface area contributed by atoms with Crippen LogP contribution in [0.1, 0.15) is 34.1 Å². The van der Waals surface area contributed by atoms with Crippen molar-refractivity contribution in [3.05, 3.63) is 72.3 Å². The Morgan fingerprint density at radius 3 is 1.89 bits per heavy atom. The molecule has 0 aliphatic carbocycles. The number of hydrogen-bond donors (Lipinski definition) is 0. The van der Waals surface area contributed by atoms with Crippen LogP contribution in [0.2, 0.25) is 5.04 Å². The fraction of sp³-hybridized carbons (Fsp3) is 0.375. The number of carbonyl (C=O) groups excluding carboxylic acids is 1. The van der Waals surface area contributed by atoms with Crippen molar-refractivity contribution >= 4 is 25.0 Å². The molecule has 0 N–H and O–H groups in total. The number of hydrogen-bond acceptors (Lipinski definition) is 3. The van der Waals surface area contributed by atoms with Crippen LogP contribution in [0, 0.1) is 0 Å². The lowest BCUT2D eigenvalue weighted by atomic mass is 10.2. The van der Waals surface area contributed by atoms with Gasteiger partial charge in [0.2, 0.25) is 0 Å². The molecule has 0 saturated heterocycles. The third kappa shape index (κ3) is 5.07. The normalized spacial score (nSPS) is 14.0. The minimum Gasteiger partial charge on any atom is -0.407 e. The van der Waals surface area contributed by atoms with E-state index in [-0.39, 0.29) is 5.04 Å². The van der Waals surface area contributed by atoms with Crippen LogP contribution in [0.15, 0.2) is 72.3 Å². The van der Waals surface area contributed by atoms with Crippen LogP contribution in [0.25, 0.3) is 0 Å². The van der Waals surface area contributed by atoms with Gasteiger partial charge in [-0.15, -0.1) is 0 Å². The molecule has 0 fully saturated rings. The van der Waals surface area contributed by atoms with Crippen molar-refractivity contribution in [3.8, 4) is 0 Å². The van der Waals surface area contributed by atoms with Crippen LogP contribution < -0.4 is 10.4 Å². The predicted octanol–water partition coefficient (Wildman–Crippen LogP) is 4.11. The molecule has 2 rings (SSSR count). The predicted molar refractivity (Wildman–Crippen MR) is 119 cm³/mol. The lowest BCUT2D eigenvalue weighted by molar-refractivity contribution is -0.114. The summed E-state index contributed by atoms with van der Waals surface area (Å²) in [6, 6.07) is 21.2. The van der Waals surface area contributed by atoms with E-state index >= 15 is 0 Å². The molecule has 0 aromatic heterocycles. The van der Waals surface area contributed by atoms with Gasteiger partial charge in [0.1, 0.15) is 6.10 Å². The third-order valence-corrected chi connectivity index (χ3v) is 10.1. The first kappa shape index (κ1) is 22.3. The summed E-state index contributed by atoms with van der Waals surface area (Å²) in [4.78, 5) is 11.0. The number of aldehydes is 1. The fourth-order valence-electron chi connectivity index (χ4n) is 3.65. The maximum absolute atomic E-state index is 11.0. The molecule has 2 aromatic carbocycles. The minimum atomic E-state index is -2.50. The van der Waals surface area contributed by atoms with E-state index in [4.69, 9.17) is 9.16 Å². The van der Waals surface area contributed by atoms with Gasteiger partial charge in [-0.1, -0.05) is 87.0 Å². The van der Waals surface area contributed by atoms with Crippen molar-refractivity contribution in [1.82, 2.24) is 0 Å². The summed E-state index contributed by atoms with van der Waals surface area (Å²) >= 11 is 0. The Kier molecular flexibility index (Phi) is 7.93. The van der Waals surface area contributed by atoms with E-state index in [9.17, 15) is 4.79 Å². The summed E-state index contributed by atoms with van der Waals surface area (Å²) in [5, 5.41) is 2.52. The van der Waals surface area contributed by atoms with E-state index in [2.05, 4.69) is 69.3 Å². The monoisotopic (exact) mass is 396 g/mol. The Balaban J connectivity index is 2.38. The van der Waals surface area contributed by atoms with E-state index in [0.29, 0.717) is 6.61 Å². The minimum absolute atomic E-state index is 0.0365. The molecule has 3 nitrogen and oxygen atoms in total. The molecule has 2 aromatic rings. The second-order valence-corrected chi connectivity index (χ2v) is 12.4. The first-order chi connectivity index (χ1) is 13.3. The largest absolute Gasteiger partial charge is 0.407 e. The molecule has 150 valence electrons. The zero-order valence-corrected chi connectivity index (χ0v) is 18.6. The number of benzene rings is 2. The summed E-state index contributed by atoms with van der Waals surface area (Å²) in [5.41, 5.74) is 1.09. The Labute approximate surface area is 170 Å². The van der Waals surface area contributed by atoms with Crippen LogP contribution >= 0.6 is 0 Å². The number of ether oxygens (including phenoxy) is 1. The quantitative estimate of drug-likeness (QED) is 0.363. The smallest absolute Gasteiger partial charge is 0.261 e. The van der Waals surface area contributed by atoms with Crippen LogP contribution in [-0.4, -0.2) is 34.4 Å². The van der Waals surface area contributed by atoms with Crippen LogP contribution in [0.5, 0.6) is 0 Å². The van der Waals surface area contributed by atoms with Gasteiger partial charge in [0.05, 0.1) is 0 Å². The Hall–Kier alpha value is -2.01. The van der Waals surface area contributed by atoms with E-state index in [0.717, 1.165) is 18.3 Å². The molecule has 0 spiro atoms. The molecule has 0 aliphatic rings. The van der Waals surface area contributed by atoms with Gasteiger partial charge in [0.25, 0.3) is 8.32 Å². The average Bonchev–Trinajstić information content (AvgIpc) is 2.70. The van der Waals surface area contributed by atoms with Gasteiger partial charge >= 0.3 is 0 Å². The van der Waals surface area contributed by atoms with Gasteiger partial charge in [-0.2, -0.15) is 0 Å². The van der Waals surface area contributed by atoms with Crippen molar-refractivity contribution in [2.75, 3.05) is 13.7 Å². The number of carbonyl (C=O) groups is 1. The third-order valence-electron chi connectivity index (χ3n) is 5.09. The number of rotatable bonds is 9. The van der Waals surface area contributed by atoms with Crippen molar-refractivity contribution < 1.29 is 14.0 Å². The highest BCUT2D eigenvalue weighted by Crippen LogP contribution is 2.36. The highest BCUT2D eigenvalue weighted by Gasteiger charge is 2.49. The molecular weight excluding hydrogens is 364 g/mol. The maximum Gasteiger partial charge on any atom is 0.261 e. The second kappa shape index (κ2) is 9.96. The standard InChI is InChI=1S/C24H32O3Si/c1-20(18-21(19-25)26-5)16-17-27-28(24(2,3)4,22-12-8-6-9-13-22)23-14-10-7-11-15-23/h6-15,18-19,21H,16-17H2,1-5H3/b20-18+/t21-/m0/s1. The Morgan fingerprint density at radius 1 is 1.00 bits per heavy atom. The van der Waals surface area contributed by atoms with Gasteiger partial charge in [-0.3, -0.25) is 0 Å². The summed E-state index contributed by atoms with van der Waals surface area (Å²) in [7, 11) is -0.957. The van der Waals surface area contributed by atoms with Gasteiger partial charge in [-0.05, 0) is 34.8 Å². The van der Waals surface area contributed by atoms with E-state index in [1.807, 2.05) is 25.1 Å².